The van der Waals surface area contributed by atoms with Crippen LogP contribution in [0.5, 0.6) is 11.5 Å². The first-order chi connectivity index (χ1) is 15.0. The van der Waals surface area contributed by atoms with E-state index in [2.05, 4.69) is 31.4 Å². The number of halogens is 2. The Morgan fingerprint density at radius 2 is 1.84 bits per heavy atom. The van der Waals surface area contributed by atoms with E-state index >= 15 is 0 Å². The highest BCUT2D eigenvalue weighted by Gasteiger charge is 2.11. The molecule has 0 aliphatic heterocycles. The van der Waals surface area contributed by atoms with Gasteiger partial charge in [0.1, 0.15) is 5.82 Å². The highest BCUT2D eigenvalue weighted by Crippen LogP contribution is 2.33. The first-order valence-corrected chi connectivity index (χ1v) is 10.5. The lowest BCUT2D eigenvalue weighted by atomic mass is 10.1. The van der Waals surface area contributed by atoms with Crippen LogP contribution in [-0.2, 0) is 17.6 Å². The van der Waals surface area contributed by atoms with Gasteiger partial charge in [-0.15, -0.1) is 0 Å². The molecule has 0 saturated heterocycles. The van der Waals surface area contributed by atoms with Gasteiger partial charge < -0.3 is 19.3 Å². The summed E-state index contributed by atoms with van der Waals surface area (Å²) in [6.45, 7) is 0.502. The molecule has 31 heavy (non-hydrogen) atoms. The molecule has 0 atom stereocenters. The lowest BCUT2D eigenvalue weighted by molar-refractivity contribution is -0.121. The van der Waals surface area contributed by atoms with Crippen molar-refractivity contribution in [1.29, 1.82) is 0 Å². The molecule has 9 heteroatoms. The van der Waals surface area contributed by atoms with Gasteiger partial charge in [0, 0.05) is 29.4 Å². The third-order valence-electron chi connectivity index (χ3n) is 4.63. The van der Waals surface area contributed by atoms with Crippen LogP contribution in [0.4, 0.5) is 4.39 Å². The lowest BCUT2D eigenvalue weighted by Crippen LogP contribution is -2.25. The summed E-state index contributed by atoms with van der Waals surface area (Å²) >= 11 is 3.52. The number of aromatic nitrogens is 2. The largest absolute Gasteiger partial charge is 0.493 e. The molecule has 7 nitrogen and oxygen atoms in total. The first kappa shape index (κ1) is 22.7. The number of aryl methyl sites for hydroxylation is 1. The van der Waals surface area contributed by atoms with Crippen molar-refractivity contribution in [2.24, 2.45) is 0 Å². The smallest absolute Gasteiger partial charge is 0.226 e. The maximum Gasteiger partial charge on any atom is 0.226 e. The van der Waals surface area contributed by atoms with Crippen molar-refractivity contribution in [2.45, 2.75) is 25.7 Å². The Bertz CT molecular complexity index is 1020. The summed E-state index contributed by atoms with van der Waals surface area (Å²) in [6.07, 6.45) is 2.07. The molecule has 3 rings (SSSR count). The highest BCUT2D eigenvalue weighted by atomic mass is 79.9. The fourth-order valence-electron chi connectivity index (χ4n) is 2.99. The van der Waals surface area contributed by atoms with Crippen LogP contribution in [0, 0.1) is 5.82 Å². The van der Waals surface area contributed by atoms with Crippen LogP contribution in [0.1, 0.15) is 24.3 Å². The predicted molar refractivity (Wildman–Crippen MR) is 117 cm³/mol. The van der Waals surface area contributed by atoms with Gasteiger partial charge in [0.25, 0.3) is 0 Å². The summed E-state index contributed by atoms with van der Waals surface area (Å²) in [5.41, 5.74) is 1.69. The molecule has 0 aliphatic carbocycles. The van der Waals surface area contributed by atoms with Crippen molar-refractivity contribution in [2.75, 3.05) is 20.8 Å². The average molecular weight is 492 g/mol. The van der Waals surface area contributed by atoms with Gasteiger partial charge in [-0.1, -0.05) is 21.1 Å². The highest BCUT2D eigenvalue weighted by molar-refractivity contribution is 9.10. The molecule has 0 radical (unpaired) electrons. The zero-order valence-corrected chi connectivity index (χ0v) is 18.9. The van der Waals surface area contributed by atoms with Crippen molar-refractivity contribution < 1.29 is 23.2 Å². The van der Waals surface area contributed by atoms with Crippen LogP contribution >= 0.6 is 15.9 Å². The minimum atomic E-state index is -0.322. The van der Waals surface area contributed by atoms with Gasteiger partial charge in [-0.25, -0.2) is 4.39 Å². The minimum absolute atomic E-state index is 0.0464. The van der Waals surface area contributed by atoms with Crippen molar-refractivity contribution in [3.63, 3.8) is 0 Å². The van der Waals surface area contributed by atoms with Gasteiger partial charge >= 0.3 is 0 Å². The molecule has 0 unspecified atom stereocenters. The van der Waals surface area contributed by atoms with Gasteiger partial charge in [-0.2, -0.15) is 4.98 Å². The van der Waals surface area contributed by atoms with E-state index in [1.54, 1.807) is 26.4 Å². The molecule has 0 aliphatic rings. The quantitative estimate of drug-likeness (QED) is 0.453. The molecule has 1 N–H and O–H groups in total. The van der Waals surface area contributed by atoms with E-state index in [1.165, 1.54) is 12.1 Å². The van der Waals surface area contributed by atoms with E-state index in [-0.39, 0.29) is 11.7 Å². The third kappa shape index (κ3) is 6.27. The van der Waals surface area contributed by atoms with Crippen LogP contribution in [0.15, 0.2) is 45.4 Å². The SMILES string of the molecule is COc1cc(Br)c(CCNC(=O)CCCc2nc(-c3ccc(F)cc3)no2)cc1OC. The van der Waals surface area contributed by atoms with E-state index in [1.807, 2.05) is 12.1 Å². The number of rotatable bonds is 10. The fraction of sp³-hybridized carbons (Fsp3) is 0.318. The number of nitrogens with one attached hydrogen (secondary N) is 1. The van der Waals surface area contributed by atoms with Crippen molar-refractivity contribution in [3.05, 3.63) is 58.1 Å². The third-order valence-corrected chi connectivity index (χ3v) is 5.37. The molecule has 0 saturated carbocycles. The van der Waals surface area contributed by atoms with E-state index in [0.717, 1.165) is 10.0 Å². The van der Waals surface area contributed by atoms with Gasteiger partial charge in [-0.05, 0) is 54.8 Å². The number of hydrogen-bond donors (Lipinski definition) is 1. The van der Waals surface area contributed by atoms with E-state index in [0.29, 0.717) is 61.0 Å². The second-order valence-electron chi connectivity index (χ2n) is 6.77. The molecular formula is C22H23BrFN3O4. The maximum atomic E-state index is 13.0. The van der Waals surface area contributed by atoms with E-state index < -0.39 is 0 Å². The summed E-state index contributed by atoms with van der Waals surface area (Å²) in [5.74, 6) is 1.77. The van der Waals surface area contributed by atoms with Crippen LogP contribution in [0.2, 0.25) is 0 Å². The fourth-order valence-corrected chi connectivity index (χ4v) is 3.51. The van der Waals surface area contributed by atoms with Gasteiger partial charge in [0.05, 0.1) is 14.2 Å². The second kappa shape index (κ2) is 10.9. The summed E-state index contributed by atoms with van der Waals surface area (Å²) < 4.78 is 29.7. The zero-order chi connectivity index (χ0) is 22.2. The van der Waals surface area contributed by atoms with Crippen LogP contribution < -0.4 is 14.8 Å². The monoisotopic (exact) mass is 491 g/mol. The number of methoxy groups -OCH3 is 2. The summed E-state index contributed by atoms with van der Waals surface area (Å²) in [6, 6.07) is 9.61. The summed E-state index contributed by atoms with van der Waals surface area (Å²) in [5, 5.41) is 6.81. The number of carbonyl (C=O) groups excluding carboxylic acids is 1. The number of hydrogen-bond acceptors (Lipinski definition) is 6. The Morgan fingerprint density at radius 1 is 1.13 bits per heavy atom. The molecule has 0 bridgehead atoms. The second-order valence-corrected chi connectivity index (χ2v) is 7.63. The standard InChI is InChI=1S/C22H23BrFN3O4/c1-29-18-12-15(17(23)13-19(18)30-2)10-11-25-20(28)4-3-5-21-26-22(27-31-21)14-6-8-16(24)9-7-14/h6-9,12-13H,3-5,10-11H2,1-2H3,(H,25,28). The maximum absolute atomic E-state index is 13.0. The van der Waals surface area contributed by atoms with Crippen LogP contribution in [0.3, 0.4) is 0 Å². The molecule has 3 aromatic rings. The number of nitrogens with zero attached hydrogens (tertiary/aromatic N) is 2. The molecule has 1 amide bonds. The Balaban J connectivity index is 1.42. The summed E-state index contributed by atoms with van der Waals surface area (Å²) in [4.78, 5) is 16.4. The Kier molecular flexibility index (Phi) is 8.00. The lowest BCUT2D eigenvalue weighted by Gasteiger charge is -2.12. The van der Waals surface area contributed by atoms with Gasteiger partial charge in [0.2, 0.25) is 17.6 Å². The molecule has 2 aromatic carbocycles. The van der Waals surface area contributed by atoms with Gasteiger partial charge in [0.15, 0.2) is 11.5 Å². The normalized spacial score (nSPS) is 10.7. The Hall–Kier alpha value is -2.94. The van der Waals surface area contributed by atoms with Crippen LogP contribution in [0.25, 0.3) is 11.4 Å². The summed E-state index contributed by atoms with van der Waals surface area (Å²) in [7, 11) is 3.17. The molecule has 164 valence electrons. The number of amides is 1. The van der Waals surface area contributed by atoms with Crippen molar-refractivity contribution in [3.8, 4) is 22.9 Å². The molecule has 0 fully saturated rings. The Morgan fingerprint density at radius 3 is 2.55 bits per heavy atom. The zero-order valence-electron chi connectivity index (χ0n) is 17.3. The first-order valence-electron chi connectivity index (χ1n) is 9.75. The number of carbonyl (C=O) groups is 1. The topological polar surface area (TPSA) is 86.5 Å². The average Bonchev–Trinajstić information content (AvgIpc) is 3.24. The molecular weight excluding hydrogens is 469 g/mol. The van der Waals surface area contributed by atoms with E-state index in [4.69, 9.17) is 14.0 Å². The van der Waals surface area contributed by atoms with Crippen molar-refractivity contribution in [1.82, 2.24) is 15.5 Å². The van der Waals surface area contributed by atoms with Crippen molar-refractivity contribution >= 4 is 21.8 Å². The number of ether oxygens (including phenoxy) is 2. The van der Waals surface area contributed by atoms with Gasteiger partial charge in [-0.3, -0.25) is 4.79 Å². The minimum Gasteiger partial charge on any atom is -0.493 e. The molecule has 1 heterocycles. The Labute approximate surface area is 188 Å². The van der Waals surface area contributed by atoms with Crippen LogP contribution in [-0.4, -0.2) is 36.8 Å². The number of benzene rings is 2. The van der Waals surface area contributed by atoms with E-state index in [9.17, 15) is 9.18 Å². The molecule has 0 spiro atoms. The predicted octanol–water partition coefficient (Wildman–Crippen LogP) is 4.34. The molecule has 1 aromatic heterocycles.